The summed E-state index contributed by atoms with van der Waals surface area (Å²) in [6.45, 7) is 0. The number of aryl methyl sites for hydroxylation is 1. The second-order valence-electron chi connectivity index (χ2n) is 4.76. The molecule has 0 spiro atoms. The van der Waals surface area contributed by atoms with E-state index in [1.165, 1.54) is 5.56 Å². The summed E-state index contributed by atoms with van der Waals surface area (Å²) in [5.74, 6) is 0. The molecule has 2 aromatic carbocycles. The fourth-order valence-corrected chi connectivity index (χ4v) is 2.33. The Balaban J connectivity index is 1.96. The van der Waals surface area contributed by atoms with Gasteiger partial charge in [-0.15, -0.1) is 0 Å². The maximum absolute atomic E-state index is 6.28. The Kier molecular flexibility index (Phi) is 5.13. The third-order valence-electron chi connectivity index (χ3n) is 3.38. The molecule has 0 aromatic heterocycles. The highest BCUT2D eigenvalue weighted by molar-refractivity contribution is 5.20. The zero-order valence-corrected chi connectivity index (χ0v) is 11.3. The first-order valence-electron chi connectivity index (χ1n) is 6.68. The van der Waals surface area contributed by atoms with E-state index in [0.29, 0.717) is 0 Å². The molecule has 0 heterocycles. The molecule has 100 valence electrons. The largest absolute Gasteiger partial charge is 0.375 e. The molecule has 0 saturated carbocycles. The number of nitrogens with two attached hydrogens (primary N) is 1. The first-order valence-corrected chi connectivity index (χ1v) is 6.68. The molecule has 0 fully saturated rings. The lowest BCUT2D eigenvalue weighted by Gasteiger charge is -2.23. The van der Waals surface area contributed by atoms with Crippen LogP contribution in [0.25, 0.3) is 0 Å². The van der Waals surface area contributed by atoms with Crippen LogP contribution in [0.5, 0.6) is 0 Å². The average molecular weight is 255 g/mol. The number of hydrogen-bond acceptors (Lipinski definition) is 2. The number of benzene rings is 2. The van der Waals surface area contributed by atoms with Crippen LogP contribution in [-0.4, -0.2) is 13.2 Å². The summed E-state index contributed by atoms with van der Waals surface area (Å²) in [4.78, 5) is 0. The number of ether oxygens (including phenoxy) is 1. The van der Waals surface area contributed by atoms with E-state index in [1.54, 1.807) is 7.11 Å². The van der Waals surface area contributed by atoms with E-state index in [0.717, 1.165) is 18.4 Å². The predicted octanol–water partition coefficient (Wildman–Crippen LogP) is 3.33. The summed E-state index contributed by atoms with van der Waals surface area (Å²) in [7, 11) is 1.72. The molecule has 0 aliphatic carbocycles. The minimum atomic E-state index is -0.0371. The Morgan fingerprint density at radius 1 is 0.947 bits per heavy atom. The van der Waals surface area contributed by atoms with Crippen LogP contribution in [0.3, 0.4) is 0 Å². The van der Waals surface area contributed by atoms with Crippen LogP contribution in [0.1, 0.15) is 23.7 Å². The molecule has 0 radical (unpaired) electrons. The Bertz CT molecular complexity index is 469. The Hall–Kier alpha value is -1.64. The minimum Gasteiger partial charge on any atom is -0.375 e. The third-order valence-corrected chi connectivity index (χ3v) is 3.38. The molecule has 0 amide bonds. The maximum atomic E-state index is 6.28. The zero-order chi connectivity index (χ0) is 13.5. The summed E-state index contributed by atoms with van der Waals surface area (Å²) in [5.41, 5.74) is 8.75. The molecule has 2 atom stereocenters. The van der Waals surface area contributed by atoms with Gasteiger partial charge in [0.25, 0.3) is 0 Å². The molecule has 2 nitrogen and oxygen atoms in total. The highest BCUT2D eigenvalue weighted by Crippen LogP contribution is 2.22. The Morgan fingerprint density at radius 3 is 2.11 bits per heavy atom. The van der Waals surface area contributed by atoms with Crippen LogP contribution in [-0.2, 0) is 11.2 Å². The van der Waals surface area contributed by atoms with E-state index in [1.807, 2.05) is 24.3 Å². The first-order chi connectivity index (χ1) is 9.31. The molecule has 2 unspecified atom stereocenters. The fourth-order valence-electron chi connectivity index (χ4n) is 2.33. The lowest BCUT2D eigenvalue weighted by Crippen LogP contribution is -2.30. The molecular weight excluding hydrogens is 234 g/mol. The zero-order valence-electron chi connectivity index (χ0n) is 11.3. The molecule has 0 bridgehead atoms. The lowest BCUT2D eigenvalue weighted by atomic mass is 9.97. The van der Waals surface area contributed by atoms with Gasteiger partial charge in [-0.05, 0) is 24.0 Å². The van der Waals surface area contributed by atoms with E-state index in [-0.39, 0.29) is 12.1 Å². The van der Waals surface area contributed by atoms with E-state index in [2.05, 4.69) is 36.4 Å². The quantitative estimate of drug-likeness (QED) is 0.859. The molecule has 0 aliphatic rings. The molecule has 2 heteroatoms. The van der Waals surface area contributed by atoms with Crippen molar-refractivity contribution >= 4 is 0 Å². The number of rotatable bonds is 6. The molecule has 0 saturated heterocycles. The van der Waals surface area contributed by atoms with Crippen molar-refractivity contribution < 1.29 is 4.74 Å². The predicted molar refractivity (Wildman–Crippen MR) is 78.9 cm³/mol. The van der Waals surface area contributed by atoms with E-state index < -0.39 is 0 Å². The lowest BCUT2D eigenvalue weighted by molar-refractivity contribution is 0.0777. The molecule has 19 heavy (non-hydrogen) atoms. The second kappa shape index (κ2) is 7.07. The highest BCUT2D eigenvalue weighted by atomic mass is 16.5. The van der Waals surface area contributed by atoms with Crippen molar-refractivity contribution in [3.05, 3.63) is 71.8 Å². The van der Waals surface area contributed by atoms with Gasteiger partial charge in [-0.3, -0.25) is 0 Å². The Morgan fingerprint density at radius 2 is 1.53 bits per heavy atom. The normalized spacial score (nSPS) is 14.0. The van der Waals surface area contributed by atoms with Gasteiger partial charge >= 0.3 is 0 Å². The van der Waals surface area contributed by atoms with Gasteiger partial charge in [0.05, 0.1) is 6.10 Å². The van der Waals surface area contributed by atoms with Crippen LogP contribution in [0.4, 0.5) is 0 Å². The monoisotopic (exact) mass is 255 g/mol. The SMILES string of the molecule is COC(c1ccccc1)C(N)CCc1ccccc1. The van der Waals surface area contributed by atoms with Gasteiger partial charge in [-0.2, -0.15) is 0 Å². The molecule has 2 aromatic rings. The number of hydrogen-bond donors (Lipinski definition) is 1. The van der Waals surface area contributed by atoms with Crippen molar-refractivity contribution in [2.24, 2.45) is 5.73 Å². The summed E-state index contributed by atoms with van der Waals surface area (Å²) in [6, 6.07) is 20.6. The minimum absolute atomic E-state index is 0.00704. The van der Waals surface area contributed by atoms with Crippen LogP contribution in [0.15, 0.2) is 60.7 Å². The van der Waals surface area contributed by atoms with Gasteiger partial charge in [0.2, 0.25) is 0 Å². The van der Waals surface area contributed by atoms with Gasteiger partial charge < -0.3 is 10.5 Å². The first kappa shape index (κ1) is 13.8. The summed E-state index contributed by atoms with van der Waals surface area (Å²) < 4.78 is 5.56. The summed E-state index contributed by atoms with van der Waals surface area (Å²) >= 11 is 0. The van der Waals surface area contributed by atoms with Crippen LogP contribution >= 0.6 is 0 Å². The van der Waals surface area contributed by atoms with Gasteiger partial charge in [0.15, 0.2) is 0 Å². The van der Waals surface area contributed by atoms with Gasteiger partial charge in [-0.25, -0.2) is 0 Å². The topological polar surface area (TPSA) is 35.2 Å². The van der Waals surface area contributed by atoms with Crippen molar-refractivity contribution in [3.63, 3.8) is 0 Å². The molecule has 2 N–H and O–H groups in total. The van der Waals surface area contributed by atoms with E-state index >= 15 is 0 Å². The molecule has 0 aliphatic heterocycles. The van der Waals surface area contributed by atoms with Crippen molar-refractivity contribution in [3.8, 4) is 0 Å². The summed E-state index contributed by atoms with van der Waals surface area (Å²) in [5, 5.41) is 0. The fraction of sp³-hybridized carbons (Fsp3) is 0.294. The standard InChI is InChI=1S/C17H21NO/c1-19-17(15-10-6-3-7-11-15)16(18)13-12-14-8-4-2-5-9-14/h2-11,16-17H,12-13,18H2,1H3. The number of methoxy groups -OCH3 is 1. The molecular formula is C17H21NO. The van der Waals surface area contributed by atoms with Crippen molar-refractivity contribution in [2.45, 2.75) is 25.0 Å². The smallest absolute Gasteiger partial charge is 0.0972 e. The van der Waals surface area contributed by atoms with Crippen molar-refractivity contribution in [1.82, 2.24) is 0 Å². The van der Waals surface area contributed by atoms with Gasteiger partial charge in [0.1, 0.15) is 0 Å². The second-order valence-corrected chi connectivity index (χ2v) is 4.76. The summed E-state index contributed by atoms with van der Waals surface area (Å²) in [6.07, 6.45) is 1.86. The van der Waals surface area contributed by atoms with E-state index in [9.17, 15) is 0 Å². The highest BCUT2D eigenvalue weighted by Gasteiger charge is 2.18. The third kappa shape index (κ3) is 3.91. The van der Waals surface area contributed by atoms with Crippen LogP contribution < -0.4 is 5.73 Å². The van der Waals surface area contributed by atoms with Crippen molar-refractivity contribution in [2.75, 3.05) is 7.11 Å². The maximum Gasteiger partial charge on any atom is 0.0972 e. The molecule has 2 rings (SSSR count). The average Bonchev–Trinajstić information content (AvgIpc) is 2.48. The van der Waals surface area contributed by atoms with Gasteiger partial charge in [0, 0.05) is 13.2 Å². The van der Waals surface area contributed by atoms with Crippen LogP contribution in [0, 0.1) is 0 Å². The van der Waals surface area contributed by atoms with Crippen molar-refractivity contribution in [1.29, 1.82) is 0 Å². The van der Waals surface area contributed by atoms with Crippen LogP contribution in [0.2, 0.25) is 0 Å². The Labute approximate surface area is 115 Å². The van der Waals surface area contributed by atoms with E-state index in [4.69, 9.17) is 10.5 Å². The van der Waals surface area contributed by atoms with Gasteiger partial charge in [-0.1, -0.05) is 60.7 Å².